The second-order valence-electron chi connectivity index (χ2n) is 10.0. The third-order valence-corrected chi connectivity index (χ3v) is 7.98. The number of rotatable bonds is 7. The third-order valence-electron chi connectivity index (χ3n) is 7.43. The first kappa shape index (κ1) is 25.6. The number of carbonyl (C=O) groups is 1. The Labute approximate surface area is 236 Å². The van der Waals surface area contributed by atoms with Crippen molar-refractivity contribution in [3.8, 4) is 0 Å². The summed E-state index contributed by atoms with van der Waals surface area (Å²) >= 11 is 12.9. The molecule has 5 aromatic rings. The molecule has 39 heavy (non-hydrogen) atoms. The first-order chi connectivity index (χ1) is 19.0. The van der Waals surface area contributed by atoms with Gasteiger partial charge in [-0.25, -0.2) is 15.0 Å². The molecule has 198 valence electrons. The van der Waals surface area contributed by atoms with E-state index >= 15 is 0 Å². The highest BCUT2D eigenvalue weighted by molar-refractivity contribution is 6.35. The van der Waals surface area contributed by atoms with Gasteiger partial charge in [0.15, 0.2) is 0 Å². The number of aryl methyl sites for hydroxylation is 1. The lowest BCUT2D eigenvalue weighted by Crippen LogP contribution is -2.36. The molecule has 3 heterocycles. The zero-order valence-corrected chi connectivity index (χ0v) is 23.0. The van der Waals surface area contributed by atoms with Gasteiger partial charge in [0.2, 0.25) is 0 Å². The Morgan fingerprint density at radius 3 is 2.79 bits per heavy atom. The Kier molecular flexibility index (Phi) is 7.11. The van der Waals surface area contributed by atoms with Crippen molar-refractivity contribution in [2.45, 2.75) is 44.7 Å². The smallest absolute Gasteiger partial charge is 0.255 e. The lowest BCUT2D eigenvalue weighted by molar-refractivity contribution is 0.0731. The zero-order valence-electron chi connectivity index (χ0n) is 21.5. The average Bonchev–Trinajstić information content (AvgIpc) is 3.59. The maximum absolute atomic E-state index is 13.7. The van der Waals surface area contributed by atoms with Crippen molar-refractivity contribution in [1.82, 2.24) is 24.8 Å². The first-order valence-corrected chi connectivity index (χ1v) is 13.9. The summed E-state index contributed by atoms with van der Waals surface area (Å²) in [5, 5.41) is 5.20. The van der Waals surface area contributed by atoms with Crippen LogP contribution in [0, 0.1) is 0 Å². The number of fused-ring (bicyclic) bond motifs is 2. The van der Waals surface area contributed by atoms with Gasteiger partial charge in [0.1, 0.15) is 18.0 Å². The summed E-state index contributed by atoms with van der Waals surface area (Å²) in [5.74, 6) is 1.33. The van der Waals surface area contributed by atoms with E-state index in [1.54, 1.807) is 12.1 Å². The van der Waals surface area contributed by atoms with Crippen LogP contribution >= 0.6 is 23.2 Å². The quantitative estimate of drug-likeness (QED) is 0.220. The topological polar surface area (TPSA) is 86.8 Å². The number of aromatic amines is 1. The van der Waals surface area contributed by atoms with Crippen LogP contribution in [0.25, 0.3) is 21.9 Å². The summed E-state index contributed by atoms with van der Waals surface area (Å²) in [4.78, 5) is 32.5. The highest BCUT2D eigenvalue weighted by Crippen LogP contribution is 2.32. The van der Waals surface area contributed by atoms with Crippen molar-refractivity contribution in [2.75, 3.05) is 11.9 Å². The molecule has 1 aliphatic rings. The molecule has 7 nitrogen and oxygen atoms in total. The number of hydrogen-bond acceptors (Lipinski definition) is 5. The van der Waals surface area contributed by atoms with Crippen LogP contribution in [0.15, 0.2) is 67.0 Å². The van der Waals surface area contributed by atoms with Crippen LogP contribution in [0.4, 0.5) is 5.82 Å². The van der Waals surface area contributed by atoms with E-state index in [1.807, 2.05) is 36.1 Å². The standard InChI is InChI=1S/C30H28Cl2N6O/c1-18(28-36-25-12-10-20(31)14-27(25)37-28)35-29-23-15-24(32)22(16-26(23)33-17-34-29)30(39)38-13-5-8-21(38)11-9-19-6-3-2-4-7-19/h2-4,6-7,10,12,14-18,21H,5,8-9,11,13H2,1H3,(H,36,37)(H,33,34,35)/t18?,21-/m1/s1. The number of halogens is 2. The van der Waals surface area contributed by atoms with Crippen molar-refractivity contribution in [3.05, 3.63) is 94.0 Å². The highest BCUT2D eigenvalue weighted by atomic mass is 35.5. The Balaban J connectivity index is 1.22. The zero-order chi connectivity index (χ0) is 26.9. The minimum Gasteiger partial charge on any atom is -0.360 e. The highest BCUT2D eigenvalue weighted by Gasteiger charge is 2.30. The van der Waals surface area contributed by atoms with Crippen molar-refractivity contribution >= 4 is 56.9 Å². The molecule has 6 rings (SSSR count). The van der Waals surface area contributed by atoms with Gasteiger partial charge in [0.25, 0.3) is 5.91 Å². The fourth-order valence-electron chi connectivity index (χ4n) is 5.37. The molecule has 1 unspecified atom stereocenters. The van der Waals surface area contributed by atoms with Crippen LogP contribution in [-0.4, -0.2) is 43.3 Å². The molecule has 3 aromatic carbocycles. The van der Waals surface area contributed by atoms with E-state index in [-0.39, 0.29) is 18.0 Å². The largest absolute Gasteiger partial charge is 0.360 e. The number of hydrogen-bond donors (Lipinski definition) is 2. The number of aromatic nitrogens is 4. The van der Waals surface area contributed by atoms with E-state index in [9.17, 15) is 4.79 Å². The molecule has 0 bridgehead atoms. The predicted molar refractivity (Wildman–Crippen MR) is 157 cm³/mol. The molecule has 1 aliphatic heterocycles. The van der Waals surface area contributed by atoms with Gasteiger partial charge in [0, 0.05) is 23.0 Å². The summed E-state index contributed by atoms with van der Waals surface area (Å²) in [7, 11) is 0. The van der Waals surface area contributed by atoms with Crippen molar-refractivity contribution < 1.29 is 4.79 Å². The van der Waals surface area contributed by atoms with Crippen LogP contribution in [0.3, 0.4) is 0 Å². The maximum Gasteiger partial charge on any atom is 0.255 e. The molecule has 2 atom stereocenters. The third kappa shape index (κ3) is 5.29. The molecule has 1 amide bonds. The predicted octanol–water partition coefficient (Wildman–Crippen LogP) is 7.22. The number of benzene rings is 3. The Bertz CT molecular complexity index is 1650. The molecule has 1 fully saturated rings. The number of imidazole rings is 1. The molecule has 0 radical (unpaired) electrons. The second kappa shape index (κ2) is 10.8. The Morgan fingerprint density at radius 2 is 1.95 bits per heavy atom. The lowest BCUT2D eigenvalue weighted by Gasteiger charge is -2.25. The molecule has 1 saturated heterocycles. The van der Waals surface area contributed by atoms with Gasteiger partial charge in [0.05, 0.1) is 33.2 Å². The van der Waals surface area contributed by atoms with Crippen molar-refractivity contribution in [2.24, 2.45) is 0 Å². The summed E-state index contributed by atoms with van der Waals surface area (Å²) in [6, 6.07) is 19.6. The van der Waals surface area contributed by atoms with E-state index < -0.39 is 0 Å². The van der Waals surface area contributed by atoms with Gasteiger partial charge in [-0.15, -0.1) is 0 Å². The van der Waals surface area contributed by atoms with Gasteiger partial charge >= 0.3 is 0 Å². The maximum atomic E-state index is 13.7. The summed E-state index contributed by atoms with van der Waals surface area (Å²) in [6.07, 6.45) is 5.38. The van der Waals surface area contributed by atoms with E-state index in [4.69, 9.17) is 23.2 Å². The fourth-order valence-corrected chi connectivity index (χ4v) is 5.79. The molecule has 0 aliphatic carbocycles. The molecule has 2 N–H and O–H groups in total. The van der Waals surface area contributed by atoms with Crippen molar-refractivity contribution in [3.63, 3.8) is 0 Å². The van der Waals surface area contributed by atoms with E-state index in [1.165, 1.54) is 11.9 Å². The number of nitrogens with one attached hydrogen (secondary N) is 2. The monoisotopic (exact) mass is 558 g/mol. The Hall–Kier alpha value is -3.68. The SMILES string of the molecule is CC(Nc1ncnc2cc(C(=O)N3CCC[C@@H]3CCc3ccccc3)c(Cl)cc12)c1nc2ccc(Cl)cc2[nH]1. The Morgan fingerprint density at radius 1 is 1.10 bits per heavy atom. The van der Waals surface area contributed by atoms with Crippen LogP contribution in [0.2, 0.25) is 10.0 Å². The average molecular weight is 560 g/mol. The number of anilines is 1. The lowest BCUT2D eigenvalue weighted by atomic mass is 10.0. The fraction of sp³-hybridized carbons (Fsp3) is 0.267. The number of likely N-dealkylation sites (tertiary alicyclic amines) is 1. The molecule has 0 saturated carbocycles. The van der Waals surface area contributed by atoms with Crippen molar-refractivity contribution in [1.29, 1.82) is 0 Å². The van der Waals surface area contributed by atoms with Gasteiger partial charge in [-0.2, -0.15) is 0 Å². The molecule has 0 spiro atoms. The molecule has 9 heteroatoms. The second-order valence-corrected chi connectivity index (χ2v) is 10.9. The number of nitrogens with zero attached hydrogens (tertiary/aromatic N) is 4. The minimum atomic E-state index is -0.177. The van der Waals surface area contributed by atoms with Crippen LogP contribution in [0.1, 0.15) is 54.0 Å². The van der Waals surface area contributed by atoms with Gasteiger partial charge in [-0.1, -0.05) is 53.5 Å². The van der Waals surface area contributed by atoms with Gasteiger partial charge in [-0.05, 0) is 68.5 Å². The first-order valence-electron chi connectivity index (χ1n) is 13.2. The number of amides is 1. The summed E-state index contributed by atoms with van der Waals surface area (Å²) in [6.45, 7) is 2.74. The number of H-pyrrole nitrogens is 1. The van der Waals surface area contributed by atoms with Gasteiger partial charge < -0.3 is 15.2 Å². The number of carbonyl (C=O) groups excluding carboxylic acids is 1. The molecule has 2 aromatic heterocycles. The van der Waals surface area contributed by atoms with Crippen LogP contribution in [0.5, 0.6) is 0 Å². The summed E-state index contributed by atoms with van der Waals surface area (Å²) < 4.78 is 0. The van der Waals surface area contributed by atoms with Gasteiger partial charge in [-0.3, -0.25) is 4.79 Å². The van der Waals surface area contributed by atoms with Crippen LogP contribution < -0.4 is 5.32 Å². The van der Waals surface area contributed by atoms with E-state index in [2.05, 4.69) is 49.5 Å². The molecular formula is C30H28Cl2N6O. The summed E-state index contributed by atoms with van der Waals surface area (Å²) in [5.41, 5.74) is 4.13. The minimum absolute atomic E-state index is 0.0418. The van der Waals surface area contributed by atoms with E-state index in [0.29, 0.717) is 26.9 Å². The van der Waals surface area contributed by atoms with Crippen LogP contribution in [-0.2, 0) is 6.42 Å². The van der Waals surface area contributed by atoms with E-state index in [0.717, 1.165) is 54.5 Å². The normalized spacial score (nSPS) is 16.2. The molecular weight excluding hydrogens is 531 g/mol.